The molecule has 0 bridgehead atoms. The minimum absolute atomic E-state index is 0.199. The third kappa shape index (κ3) is 2.55. The third-order valence-electron chi connectivity index (χ3n) is 2.72. The molecule has 0 aliphatic rings. The van der Waals surface area contributed by atoms with Crippen molar-refractivity contribution in [3.63, 3.8) is 0 Å². The predicted molar refractivity (Wildman–Crippen MR) is 65.8 cm³/mol. The number of benzene rings is 2. The van der Waals surface area contributed by atoms with Crippen LogP contribution in [-0.2, 0) is 0 Å². The molecule has 0 fully saturated rings. The maximum Gasteiger partial charge on any atom is 0.335 e. The van der Waals surface area contributed by atoms with Crippen LogP contribution in [0.5, 0.6) is 0 Å². The molecule has 18 heavy (non-hydrogen) atoms. The van der Waals surface area contributed by atoms with Crippen LogP contribution >= 0.6 is 0 Å². The minimum atomic E-state index is -0.985. The molecule has 4 heteroatoms. The van der Waals surface area contributed by atoms with E-state index >= 15 is 0 Å². The summed E-state index contributed by atoms with van der Waals surface area (Å²) in [6.07, 6.45) is 0. The van der Waals surface area contributed by atoms with E-state index < -0.39 is 12.0 Å². The summed E-state index contributed by atoms with van der Waals surface area (Å²) in [5.41, 5.74) is 7.59. The normalized spacial score (nSPS) is 12.1. The zero-order valence-electron chi connectivity index (χ0n) is 9.51. The summed E-state index contributed by atoms with van der Waals surface area (Å²) < 4.78 is 13.1. The van der Waals surface area contributed by atoms with E-state index in [2.05, 4.69) is 0 Å². The number of carboxylic acid groups (broad SMARTS) is 1. The van der Waals surface area contributed by atoms with Crippen LogP contribution < -0.4 is 5.73 Å². The van der Waals surface area contributed by atoms with Gasteiger partial charge in [-0.05, 0) is 35.4 Å². The summed E-state index contributed by atoms with van der Waals surface area (Å²) in [6.45, 7) is 0. The number of rotatable bonds is 3. The van der Waals surface area contributed by atoms with Gasteiger partial charge in [0.05, 0.1) is 11.6 Å². The van der Waals surface area contributed by atoms with Gasteiger partial charge in [-0.1, -0.05) is 24.3 Å². The Morgan fingerprint density at radius 3 is 2.33 bits per heavy atom. The molecular formula is C14H12FNO2. The Hall–Kier alpha value is -2.20. The van der Waals surface area contributed by atoms with Crippen LogP contribution in [0.4, 0.5) is 4.39 Å². The zero-order chi connectivity index (χ0) is 13.1. The molecule has 2 aromatic carbocycles. The molecule has 3 nitrogen and oxygen atoms in total. The highest BCUT2D eigenvalue weighted by Gasteiger charge is 2.10. The zero-order valence-corrected chi connectivity index (χ0v) is 9.51. The van der Waals surface area contributed by atoms with Crippen molar-refractivity contribution in [3.8, 4) is 0 Å². The topological polar surface area (TPSA) is 63.3 Å². The van der Waals surface area contributed by atoms with Gasteiger partial charge in [0.15, 0.2) is 0 Å². The van der Waals surface area contributed by atoms with Gasteiger partial charge in [0.1, 0.15) is 5.82 Å². The van der Waals surface area contributed by atoms with Gasteiger partial charge in [0.2, 0.25) is 0 Å². The molecule has 1 unspecified atom stereocenters. The number of carboxylic acids is 1. The van der Waals surface area contributed by atoms with E-state index in [0.717, 1.165) is 5.56 Å². The lowest BCUT2D eigenvalue weighted by molar-refractivity contribution is 0.0697. The van der Waals surface area contributed by atoms with Gasteiger partial charge in [-0.25, -0.2) is 9.18 Å². The third-order valence-corrected chi connectivity index (χ3v) is 2.72. The van der Waals surface area contributed by atoms with Crippen LogP contribution in [0.1, 0.15) is 27.5 Å². The van der Waals surface area contributed by atoms with Gasteiger partial charge in [0, 0.05) is 0 Å². The number of aromatic carboxylic acids is 1. The fourth-order valence-electron chi connectivity index (χ4n) is 1.73. The van der Waals surface area contributed by atoms with Crippen molar-refractivity contribution in [3.05, 3.63) is 71.0 Å². The second kappa shape index (κ2) is 4.98. The molecule has 92 valence electrons. The summed E-state index contributed by atoms with van der Waals surface area (Å²) in [4.78, 5) is 10.7. The number of carbonyl (C=O) groups is 1. The largest absolute Gasteiger partial charge is 0.478 e. The maximum absolute atomic E-state index is 13.1. The highest BCUT2D eigenvalue weighted by atomic mass is 19.1. The number of nitrogens with two attached hydrogens (primary N) is 1. The van der Waals surface area contributed by atoms with E-state index in [4.69, 9.17) is 10.8 Å². The monoisotopic (exact) mass is 245 g/mol. The van der Waals surface area contributed by atoms with Gasteiger partial charge in [-0.2, -0.15) is 0 Å². The standard InChI is InChI=1S/C14H12FNO2/c15-12-3-1-2-11(8-12)13(16)9-4-6-10(7-5-9)14(17)18/h1-8,13H,16H2,(H,17,18). The van der Waals surface area contributed by atoms with E-state index in [1.54, 1.807) is 24.3 Å². The molecule has 0 saturated carbocycles. The molecule has 0 aromatic heterocycles. The Morgan fingerprint density at radius 2 is 1.78 bits per heavy atom. The fraction of sp³-hybridized carbons (Fsp3) is 0.0714. The molecule has 0 radical (unpaired) electrons. The highest BCUT2D eigenvalue weighted by molar-refractivity contribution is 5.87. The Labute approximate surface area is 104 Å². The lowest BCUT2D eigenvalue weighted by Crippen LogP contribution is -2.12. The minimum Gasteiger partial charge on any atom is -0.478 e. The lowest BCUT2D eigenvalue weighted by Gasteiger charge is -2.12. The first-order chi connectivity index (χ1) is 8.58. The quantitative estimate of drug-likeness (QED) is 0.873. The predicted octanol–water partition coefficient (Wildman–Crippen LogP) is 2.57. The second-order valence-corrected chi connectivity index (χ2v) is 3.96. The van der Waals surface area contributed by atoms with Crippen LogP contribution in [-0.4, -0.2) is 11.1 Å². The number of halogens is 1. The van der Waals surface area contributed by atoms with E-state index in [9.17, 15) is 9.18 Å². The number of hydrogen-bond acceptors (Lipinski definition) is 2. The first-order valence-corrected chi connectivity index (χ1v) is 5.42. The van der Waals surface area contributed by atoms with Crippen LogP contribution in [0, 0.1) is 5.82 Å². The molecule has 0 aliphatic carbocycles. The average Bonchev–Trinajstić information content (AvgIpc) is 2.38. The summed E-state index contributed by atoms with van der Waals surface area (Å²) in [6, 6.07) is 11.8. The van der Waals surface area contributed by atoms with Gasteiger partial charge in [0.25, 0.3) is 0 Å². The summed E-state index contributed by atoms with van der Waals surface area (Å²) in [5.74, 6) is -1.33. The van der Waals surface area contributed by atoms with Crippen LogP contribution in [0.25, 0.3) is 0 Å². The van der Waals surface area contributed by atoms with Gasteiger partial charge >= 0.3 is 5.97 Å². The van der Waals surface area contributed by atoms with E-state index in [1.807, 2.05) is 0 Å². The van der Waals surface area contributed by atoms with E-state index in [1.165, 1.54) is 24.3 Å². The summed E-state index contributed by atoms with van der Waals surface area (Å²) in [7, 11) is 0. The smallest absolute Gasteiger partial charge is 0.335 e. The first kappa shape index (κ1) is 12.3. The van der Waals surface area contributed by atoms with Crippen molar-refractivity contribution >= 4 is 5.97 Å². The first-order valence-electron chi connectivity index (χ1n) is 5.42. The Kier molecular flexibility index (Phi) is 3.39. The van der Waals surface area contributed by atoms with Crippen LogP contribution in [0.15, 0.2) is 48.5 Å². The Bertz CT molecular complexity index is 566. The summed E-state index contributed by atoms with van der Waals surface area (Å²) >= 11 is 0. The summed E-state index contributed by atoms with van der Waals surface area (Å²) in [5, 5.41) is 8.79. The van der Waals surface area contributed by atoms with Crippen molar-refractivity contribution in [1.29, 1.82) is 0 Å². The molecule has 3 N–H and O–H groups in total. The molecule has 2 aromatic rings. The average molecular weight is 245 g/mol. The fourth-order valence-corrected chi connectivity index (χ4v) is 1.73. The Balaban J connectivity index is 2.28. The van der Waals surface area contributed by atoms with Crippen LogP contribution in [0.2, 0.25) is 0 Å². The maximum atomic E-state index is 13.1. The van der Waals surface area contributed by atoms with Crippen molar-refractivity contribution in [2.45, 2.75) is 6.04 Å². The highest BCUT2D eigenvalue weighted by Crippen LogP contribution is 2.20. The Morgan fingerprint density at radius 1 is 1.11 bits per heavy atom. The van der Waals surface area contributed by atoms with Crippen molar-refractivity contribution in [2.24, 2.45) is 5.73 Å². The molecule has 2 rings (SSSR count). The van der Waals surface area contributed by atoms with Crippen molar-refractivity contribution in [1.82, 2.24) is 0 Å². The molecule has 0 spiro atoms. The molecule has 0 aliphatic heterocycles. The molecule has 0 saturated heterocycles. The van der Waals surface area contributed by atoms with Gasteiger partial charge in [-0.15, -0.1) is 0 Å². The number of hydrogen-bond donors (Lipinski definition) is 2. The van der Waals surface area contributed by atoms with E-state index in [-0.39, 0.29) is 11.4 Å². The second-order valence-electron chi connectivity index (χ2n) is 3.96. The SMILES string of the molecule is NC(c1ccc(C(=O)O)cc1)c1cccc(F)c1. The molecule has 0 amide bonds. The lowest BCUT2D eigenvalue weighted by atomic mass is 9.98. The molecular weight excluding hydrogens is 233 g/mol. The van der Waals surface area contributed by atoms with Gasteiger partial charge in [-0.3, -0.25) is 0 Å². The molecule has 0 heterocycles. The van der Waals surface area contributed by atoms with Crippen molar-refractivity contribution < 1.29 is 14.3 Å². The van der Waals surface area contributed by atoms with Crippen molar-refractivity contribution in [2.75, 3.05) is 0 Å². The molecule has 1 atom stereocenters. The van der Waals surface area contributed by atoms with Gasteiger partial charge < -0.3 is 10.8 Å². The van der Waals surface area contributed by atoms with Crippen LogP contribution in [0.3, 0.4) is 0 Å². The van der Waals surface area contributed by atoms with E-state index in [0.29, 0.717) is 5.56 Å².